The maximum atomic E-state index is 13.4. The molecule has 3 aromatic carbocycles. The standard InChI is InChI=1S/C35H38BrN3O/c1-24(2)39(25(3)4)35(40)30-14-12-27(13-15-30)33(32-9-5-7-29-8-6-20-37-34(29)32)28-18-21-38(22-19-28)23-26-10-16-31(36)17-11-26/h5-17,20,24-25H,18-19,21-23H2,1-4H3. The highest BCUT2D eigenvalue weighted by Crippen LogP contribution is 2.36. The van der Waals surface area contributed by atoms with Crippen molar-refractivity contribution in [3.8, 4) is 0 Å². The van der Waals surface area contributed by atoms with E-state index in [4.69, 9.17) is 4.98 Å². The van der Waals surface area contributed by atoms with Crippen molar-refractivity contribution in [2.24, 2.45) is 0 Å². The first-order valence-electron chi connectivity index (χ1n) is 14.3. The molecule has 206 valence electrons. The number of hydrogen-bond donors (Lipinski definition) is 0. The lowest BCUT2D eigenvalue weighted by molar-refractivity contribution is 0.0643. The van der Waals surface area contributed by atoms with Crippen LogP contribution in [0.1, 0.15) is 67.6 Å². The highest BCUT2D eigenvalue weighted by molar-refractivity contribution is 9.10. The number of halogens is 1. The van der Waals surface area contributed by atoms with Crippen molar-refractivity contribution in [3.63, 3.8) is 0 Å². The van der Waals surface area contributed by atoms with E-state index in [0.29, 0.717) is 0 Å². The predicted octanol–water partition coefficient (Wildman–Crippen LogP) is 8.35. The second-order valence-corrected chi connectivity index (χ2v) is 12.2. The number of likely N-dealkylation sites (tertiary alicyclic amines) is 1. The van der Waals surface area contributed by atoms with Crippen molar-refractivity contribution in [2.45, 2.75) is 59.2 Å². The number of pyridine rings is 1. The maximum absolute atomic E-state index is 13.4. The maximum Gasteiger partial charge on any atom is 0.254 e. The molecule has 0 bridgehead atoms. The number of benzene rings is 3. The summed E-state index contributed by atoms with van der Waals surface area (Å²) >= 11 is 3.54. The SMILES string of the molecule is CC(C)N(C(=O)c1ccc(C(=C2CCN(Cc3ccc(Br)cc3)CC2)c2cccc3cccnc23)cc1)C(C)C. The van der Waals surface area contributed by atoms with Gasteiger partial charge in [0.25, 0.3) is 5.91 Å². The van der Waals surface area contributed by atoms with E-state index in [1.807, 2.05) is 29.3 Å². The van der Waals surface area contributed by atoms with E-state index in [1.165, 1.54) is 22.3 Å². The Balaban J connectivity index is 1.49. The zero-order valence-electron chi connectivity index (χ0n) is 23.9. The average molecular weight is 597 g/mol. The van der Waals surface area contributed by atoms with Crippen molar-refractivity contribution in [3.05, 3.63) is 117 Å². The van der Waals surface area contributed by atoms with Crippen molar-refractivity contribution in [1.29, 1.82) is 0 Å². The van der Waals surface area contributed by atoms with Crippen molar-refractivity contribution in [2.75, 3.05) is 13.1 Å². The van der Waals surface area contributed by atoms with Gasteiger partial charge in [0.05, 0.1) is 5.52 Å². The Kier molecular flexibility index (Phi) is 8.82. The van der Waals surface area contributed by atoms with Crippen LogP contribution in [-0.4, -0.2) is 45.9 Å². The molecule has 4 aromatic rings. The molecule has 0 saturated carbocycles. The second kappa shape index (κ2) is 12.5. The molecule has 1 aliphatic heterocycles. The summed E-state index contributed by atoms with van der Waals surface area (Å²) in [7, 11) is 0. The summed E-state index contributed by atoms with van der Waals surface area (Å²) in [5.41, 5.74) is 8.12. The van der Waals surface area contributed by atoms with Crippen molar-refractivity contribution >= 4 is 38.3 Å². The van der Waals surface area contributed by atoms with Crippen molar-refractivity contribution < 1.29 is 4.79 Å². The minimum Gasteiger partial charge on any atom is -0.334 e. The third kappa shape index (κ3) is 6.21. The number of carbonyl (C=O) groups is 1. The molecule has 40 heavy (non-hydrogen) atoms. The van der Waals surface area contributed by atoms with E-state index in [9.17, 15) is 4.79 Å². The molecule has 4 nitrogen and oxygen atoms in total. The summed E-state index contributed by atoms with van der Waals surface area (Å²) in [6.45, 7) is 11.3. The lowest BCUT2D eigenvalue weighted by Gasteiger charge is -2.31. The number of nitrogens with zero attached hydrogens (tertiary/aromatic N) is 3. The zero-order valence-corrected chi connectivity index (χ0v) is 25.5. The molecular weight excluding hydrogens is 558 g/mol. The van der Waals surface area contributed by atoms with Crippen LogP contribution in [0, 0.1) is 0 Å². The monoisotopic (exact) mass is 595 g/mol. The molecule has 0 atom stereocenters. The van der Waals surface area contributed by atoms with Crippen molar-refractivity contribution in [1.82, 2.24) is 14.8 Å². The second-order valence-electron chi connectivity index (χ2n) is 11.2. The fourth-order valence-corrected chi connectivity index (χ4v) is 6.19. The Bertz CT molecular complexity index is 1480. The van der Waals surface area contributed by atoms with E-state index >= 15 is 0 Å². The molecule has 0 radical (unpaired) electrons. The first-order valence-corrected chi connectivity index (χ1v) is 15.1. The lowest BCUT2D eigenvalue weighted by atomic mass is 9.87. The van der Waals surface area contributed by atoms with Gasteiger partial charge in [-0.25, -0.2) is 0 Å². The highest BCUT2D eigenvalue weighted by atomic mass is 79.9. The normalized spacial score (nSPS) is 14.2. The third-order valence-electron chi connectivity index (χ3n) is 7.80. The van der Waals surface area contributed by atoms with Crippen LogP contribution in [0.15, 0.2) is 95.1 Å². The predicted molar refractivity (Wildman–Crippen MR) is 169 cm³/mol. The number of carbonyl (C=O) groups excluding carboxylic acids is 1. The summed E-state index contributed by atoms with van der Waals surface area (Å²) in [6.07, 6.45) is 3.89. The summed E-state index contributed by atoms with van der Waals surface area (Å²) in [5.74, 6) is 0.0823. The summed E-state index contributed by atoms with van der Waals surface area (Å²) in [6, 6.07) is 27.8. The van der Waals surface area contributed by atoms with Gasteiger partial charge in [-0.15, -0.1) is 0 Å². The van der Waals surface area contributed by atoms with Crippen LogP contribution in [0.25, 0.3) is 16.5 Å². The first-order chi connectivity index (χ1) is 19.3. The highest BCUT2D eigenvalue weighted by Gasteiger charge is 2.23. The number of aromatic nitrogens is 1. The van der Waals surface area contributed by atoms with Gasteiger partial charge in [-0.1, -0.05) is 70.0 Å². The molecule has 0 N–H and O–H groups in total. The van der Waals surface area contributed by atoms with Crippen LogP contribution in [0.5, 0.6) is 0 Å². The molecule has 5 heteroatoms. The Labute approximate surface area is 246 Å². The van der Waals surface area contributed by atoms with E-state index in [-0.39, 0.29) is 18.0 Å². The van der Waals surface area contributed by atoms with E-state index in [2.05, 4.69) is 109 Å². The topological polar surface area (TPSA) is 36.4 Å². The van der Waals surface area contributed by atoms with Gasteiger partial charge < -0.3 is 4.90 Å². The number of para-hydroxylation sites is 1. The van der Waals surface area contributed by atoms with Crippen LogP contribution >= 0.6 is 15.9 Å². The molecule has 1 aliphatic rings. The van der Waals surface area contributed by atoms with Gasteiger partial charge in [0.1, 0.15) is 0 Å². The summed E-state index contributed by atoms with van der Waals surface area (Å²) in [5, 5.41) is 1.14. The van der Waals surface area contributed by atoms with Gasteiger partial charge in [0, 0.05) is 58.9 Å². The van der Waals surface area contributed by atoms with E-state index < -0.39 is 0 Å². The molecule has 5 rings (SSSR count). The van der Waals surface area contributed by atoms with E-state index in [1.54, 1.807) is 0 Å². The molecule has 0 aliphatic carbocycles. The minimum absolute atomic E-state index is 0.0823. The van der Waals surface area contributed by atoms with Gasteiger partial charge in [-0.05, 0) is 87.6 Å². The fourth-order valence-electron chi connectivity index (χ4n) is 5.93. The molecule has 2 heterocycles. The van der Waals surface area contributed by atoms with E-state index in [0.717, 1.165) is 59.0 Å². The van der Waals surface area contributed by atoms with Crippen LogP contribution in [0.3, 0.4) is 0 Å². The Hall–Kier alpha value is -3.28. The first kappa shape index (κ1) is 28.3. The number of rotatable bonds is 7. The number of amides is 1. The third-order valence-corrected chi connectivity index (χ3v) is 8.33. The number of piperidine rings is 1. The van der Waals surface area contributed by atoms with Gasteiger partial charge in [-0.2, -0.15) is 0 Å². The molecule has 1 saturated heterocycles. The van der Waals surface area contributed by atoms with Gasteiger partial charge in [0.2, 0.25) is 0 Å². The largest absolute Gasteiger partial charge is 0.334 e. The van der Waals surface area contributed by atoms with Gasteiger partial charge in [-0.3, -0.25) is 14.7 Å². The van der Waals surface area contributed by atoms with Gasteiger partial charge in [0.15, 0.2) is 0 Å². The number of fused-ring (bicyclic) bond motifs is 1. The van der Waals surface area contributed by atoms with Crippen LogP contribution in [-0.2, 0) is 6.54 Å². The Morgan fingerprint density at radius 1 is 0.850 bits per heavy atom. The van der Waals surface area contributed by atoms with Crippen LogP contribution in [0.4, 0.5) is 0 Å². The lowest BCUT2D eigenvalue weighted by Crippen LogP contribution is -2.42. The fraction of sp³-hybridized carbons (Fsp3) is 0.314. The Morgan fingerprint density at radius 3 is 2.12 bits per heavy atom. The quantitative estimate of drug-likeness (QED) is 0.215. The Morgan fingerprint density at radius 2 is 1.48 bits per heavy atom. The summed E-state index contributed by atoms with van der Waals surface area (Å²) < 4.78 is 1.11. The minimum atomic E-state index is 0.0823. The number of hydrogen-bond acceptors (Lipinski definition) is 3. The van der Waals surface area contributed by atoms with Gasteiger partial charge >= 0.3 is 0 Å². The molecule has 0 unspecified atom stereocenters. The summed E-state index contributed by atoms with van der Waals surface area (Å²) in [4.78, 5) is 22.6. The molecule has 0 spiro atoms. The molecular formula is C35H38BrN3O. The molecule has 1 fully saturated rings. The van der Waals surface area contributed by atoms with Crippen LogP contribution in [0.2, 0.25) is 0 Å². The molecule has 1 aromatic heterocycles. The van der Waals surface area contributed by atoms with Crippen LogP contribution < -0.4 is 0 Å². The average Bonchev–Trinajstić information content (AvgIpc) is 2.95. The smallest absolute Gasteiger partial charge is 0.254 e. The molecule has 1 amide bonds. The zero-order chi connectivity index (χ0) is 28.2.